The quantitative estimate of drug-likeness (QED) is 0.683. The van der Waals surface area contributed by atoms with Crippen LogP contribution in [-0.4, -0.2) is 31.9 Å². The van der Waals surface area contributed by atoms with E-state index in [9.17, 15) is 14.4 Å². The van der Waals surface area contributed by atoms with Crippen LogP contribution < -0.4 is 15.1 Å². The molecule has 132 valence electrons. The molecule has 1 fully saturated rings. The molecule has 1 aliphatic heterocycles. The average Bonchev–Trinajstić information content (AvgIpc) is 2.60. The first-order valence-corrected chi connectivity index (χ1v) is 8.13. The van der Waals surface area contributed by atoms with E-state index in [-0.39, 0.29) is 5.57 Å². The van der Waals surface area contributed by atoms with E-state index in [0.717, 1.165) is 16.2 Å². The molecule has 0 atom stereocenters. The predicted molar refractivity (Wildman–Crippen MR) is 101 cm³/mol. The number of carbonyl (C=O) groups is 3. The molecule has 2 aromatic rings. The summed E-state index contributed by atoms with van der Waals surface area (Å²) in [5, 5.41) is 2.24. The largest absolute Gasteiger partial charge is 0.378 e. The number of amides is 4. The Morgan fingerprint density at radius 1 is 0.962 bits per heavy atom. The van der Waals surface area contributed by atoms with Crippen LogP contribution in [-0.2, 0) is 9.59 Å². The Morgan fingerprint density at radius 3 is 2.23 bits per heavy atom. The molecule has 0 unspecified atom stereocenters. The zero-order valence-corrected chi connectivity index (χ0v) is 14.8. The first-order chi connectivity index (χ1) is 12.4. The highest BCUT2D eigenvalue weighted by molar-refractivity contribution is 6.39. The van der Waals surface area contributed by atoms with Crippen molar-refractivity contribution in [1.82, 2.24) is 5.32 Å². The number of barbiturate groups is 1. The molecule has 1 aliphatic rings. The van der Waals surface area contributed by atoms with Gasteiger partial charge < -0.3 is 4.90 Å². The number of hydrogen-bond donors (Lipinski definition) is 1. The van der Waals surface area contributed by atoms with Crippen molar-refractivity contribution in [1.29, 1.82) is 0 Å². The molecule has 6 heteroatoms. The van der Waals surface area contributed by atoms with Crippen LogP contribution in [0.2, 0.25) is 0 Å². The number of nitrogens with one attached hydrogen (secondary N) is 1. The van der Waals surface area contributed by atoms with Crippen molar-refractivity contribution >= 4 is 35.3 Å². The van der Waals surface area contributed by atoms with Gasteiger partial charge >= 0.3 is 6.03 Å². The number of anilines is 2. The standard InChI is InChI=1S/C20H19N3O3/c1-13-6-4-5-7-17(13)23-19(25)16(18(24)21-20(23)26)12-14-8-10-15(11-9-14)22(2)3/h4-12H,1-3H3,(H,21,24,26)/b16-12-. The fraction of sp³-hybridized carbons (Fsp3) is 0.150. The van der Waals surface area contributed by atoms with Gasteiger partial charge in [0.15, 0.2) is 0 Å². The van der Waals surface area contributed by atoms with Crippen LogP contribution in [0.1, 0.15) is 11.1 Å². The predicted octanol–water partition coefficient (Wildman–Crippen LogP) is 2.73. The van der Waals surface area contributed by atoms with E-state index in [1.807, 2.05) is 49.3 Å². The maximum absolute atomic E-state index is 12.8. The second kappa shape index (κ2) is 6.84. The Bertz CT molecular complexity index is 914. The lowest BCUT2D eigenvalue weighted by Crippen LogP contribution is -2.54. The molecule has 4 amide bonds. The molecule has 3 rings (SSSR count). The summed E-state index contributed by atoms with van der Waals surface area (Å²) in [6, 6.07) is 13.7. The van der Waals surface area contributed by atoms with Crippen molar-refractivity contribution in [3.63, 3.8) is 0 Å². The van der Waals surface area contributed by atoms with Crippen LogP contribution in [0.15, 0.2) is 54.1 Å². The lowest BCUT2D eigenvalue weighted by atomic mass is 10.1. The maximum atomic E-state index is 12.8. The number of nitrogens with zero attached hydrogens (tertiary/aromatic N) is 2. The lowest BCUT2D eigenvalue weighted by Gasteiger charge is -2.27. The summed E-state index contributed by atoms with van der Waals surface area (Å²) in [5.74, 6) is -1.33. The molecule has 6 nitrogen and oxygen atoms in total. The Kier molecular flexibility index (Phi) is 4.58. The topological polar surface area (TPSA) is 69.7 Å². The zero-order chi connectivity index (χ0) is 18.8. The van der Waals surface area contributed by atoms with Crippen LogP contribution in [0.5, 0.6) is 0 Å². The van der Waals surface area contributed by atoms with Crippen molar-refractivity contribution in [2.45, 2.75) is 6.92 Å². The van der Waals surface area contributed by atoms with Crippen molar-refractivity contribution in [3.05, 3.63) is 65.2 Å². The highest BCUT2D eigenvalue weighted by atomic mass is 16.2. The third-order valence-corrected chi connectivity index (χ3v) is 4.18. The van der Waals surface area contributed by atoms with Crippen LogP contribution in [0.25, 0.3) is 6.08 Å². The summed E-state index contributed by atoms with van der Waals surface area (Å²) in [4.78, 5) is 40.2. The minimum atomic E-state index is -0.741. The van der Waals surface area contributed by atoms with Gasteiger partial charge in [0.05, 0.1) is 5.69 Å². The van der Waals surface area contributed by atoms with Crippen LogP contribution >= 0.6 is 0 Å². The minimum Gasteiger partial charge on any atom is -0.378 e. The molecule has 0 bridgehead atoms. The molecular weight excluding hydrogens is 330 g/mol. The second-order valence-corrected chi connectivity index (χ2v) is 6.23. The van der Waals surface area contributed by atoms with Gasteiger partial charge in [0.1, 0.15) is 5.57 Å². The van der Waals surface area contributed by atoms with E-state index in [2.05, 4.69) is 5.32 Å². The number of aryl methyl sites for hydroxylation is 1. The Morgan fingerprint density at radius 2 is 1.62 bits per heavy atom. The average molecular weight is 349 g/mol. The fourth-order valence-corrected chi connectivity index (χ4v) is 2.73. The number of urea groups is 1. The number of rotatable bonds is 3. The molecule has 0 aliphatic carbocycles. The normalized spacial score (nSPS) is 16.0. The van der Waals surface area contributed by atoms with E-state index in [0.29, 0.717) is 11.3 Å². The van der Waals surface area contributed by atoms with Gasteiger partial charge in [0.2, 0.25) is 0 Å². The molecular formula is C20H19N3O3. The summed E-state index contributed by atoms with van der Waals surface area (Å²) in [6.45, 7) is 1.80. The molecule has 0 radical (unpaired) electrons. The minimum absolute atomic E-state index is 0.0783. The van der Waals surface area contributed by atoms with E-state index in [4.69, 9.17) is 0 Å². The van der Waals surface area contributed by atoms with Crippen LogP contribution in [0, 0.1) is 6.92 Å². The Labute approximate surface area is 151 Å². The van der Waals surface area contributed by atoms with Gasteiger partial charge in [-0.1, -0.05) is 30.3 Å². The summed E-state index contributed by atoms with van der Waals surface area (Å²) in [6.07, 6.45) is 1.49. The van der Waals surface area contributed by atoms with Gasteiger partial charge in [0, 0.05) is 19.8 Å². The van der Waals surface area contributed by atoms with Gasteiger partial charge in [-0.2, -0.15) is 0 Å². The second-order valence-electron chi connectivity index (χ2n) is 6.23. The molecule has 0 aromatic heterocycles. The number of imide groups is 2. The van der Waals surface area contributed by atoms with Crippen molar-refractivity contribution in [2.75, 3.05) is 23.9 Å². The van der Waals surface area contributed by atoms with Gasteiger partial charge in [0.25, 0.3) is 11.8 Å². The summed E-state index contributed by atoms with van der Waals surface area (Å²) < 4.78 is 0. The van der Waals surface area contributed by atoms with Gasteiger partial charge in [-0.05, 0) is 42.3 Å². The fourth-order valence-electron chi connectivity index (χ4n) is 2.73. The van der Waals surface area contributed by atoms with E-state index in [1.165, 1.54) is 6.08 Å². The third kappa shape index (κ3) is 3.21. The van der Waals surface area contributed by atoms with Crippen LogP contribution in [0.3, 0.4) is 0 Å². The number of benzene rings is 2. The van der Waals surface area contributed by atoms with E-state index < -0.39 is 17.8 Å². The molecule has 0 saturated carbocycles. The Hall–Kier alpha value is -3.41. The van der Waals surface area contributed by atoms with Gasteiger partial charge in [-0.15, -0.1) is 0 Å². The highest BCUT2D eigenvalue weighted by Crippen LogP contribution is 2.25. The van der Waals surface area contributed by atoms with Crippen molar-refractivity contribution in [2.24, 2.45) is 0 Å². The first kappa shape index (κ1) is 17.4. The Balaban J connectivity index is 1.99. The molecule has 1 saturated heterocycles. The SMILES string of the molecule is Cc1ccccc1N1C(=O)NC(=O)/C(=C/c2ccc(N(C)C)cc2)C1=O. The van der Waals surface area contributed by atoms with Crippen molar-refractivity contribution < 1.29 is 14.4 Å². The maximum Gasteiger partial charge on any atom is 0.335 e. The van der Waals surface area contributed by atoms with Gasteiger partial charge in [-0.25, -0.2) is 9.69 Å². The zero-order valence-electron chi connectivity index (χ0n) is 14.8. The molecule has 1 N–H and O–H groups in total. The molecule has 2 aromatic carbocycles. The molecule has 1 heterocycles. The third-order valence-electron chi connectivity index (χ3n) is 4.18. The van der Waals surface area contributed by atoms with Crippen molar-refractivity contribution in [3.8, 4) is 0 Å². The van der Waals surface area contributed by atoms with Gasteiger partial charge in [-0.3, -0.25) is 14.9 Å². The summed E-state index contributed by atoms with van der Waals surface area (Å²) >= 11 is 0. The summed E-state index contributed by atoms with van der Waals surface area (Å²) in [5.41, 5.74) is 2.85. The van der Waals surface area contributed by atoms with E-state index in [1.54, 1.807) is 25.1 Å². The molecule has 0 spiro atoms. The van der Waals surface area contributed by atoms with E-state index >= 15 is 0 Å². The number of para-hydroxylation sites is 1. The summed E-state index contributed by atoms with van der Waals surface area (Å²) in [7, 11) is 3.86. The number of hydrogen-bond acceptors (Lipinski definition) is 4. The highest BCUT2D eigenvalue weighted by Gasteiger charge is 2.37. The number of carbonyl (C=O) groups excluding carboxylic acids is 3. The molecule has 26 heavy (non-hydrogen) atoms. The smallest absolute Gasteiger partial charge is 0.335 e. The van der Waals surface area contributed by atoms with Crippen LogP contribution in [0.4, 0.5) is 16.2 Å². The first-order valence-electron chi connectivity index (χ1n) is 8.13. The lowest BCUT2D eigenvalue weighted by molar-refractivity contribution is -0.122. The monoisotopic (exact) mass is 349 g/mol.